The third-order valence-corrected chi connectivity index (χ3v) is 2.03. The average molecular weight is 201 g/mol. The maximum atomic E-state index is 13.1. The Morgan fingerprint density at radius 1 is 1.36 bits per heavy atom. The van der Waals surface area contributed by atoms with Crippen molar-refractivity contribution in [3.63, 3.8) is 0 Å². The van der Waals surface area contributed by atoms with Crippen LogP contribution in [0.15, 0.2) is 18.2 Å². The van der Waals surface area contributed by atoms with Crippen molar-refractivity contribution >= 4 is 0 Å². The maximum absolute atomic E-state index is 13.1. The molecule has 0 amide bonds. The van der Waals surface area contributed by atoms with Gasteiger partial charge in [0.1, 0.15) is 11.6 Å². The second kappa shape index (κ2) is 5.02. The molecule has 0 fully saturated rings. The van der Waals surface area contributed by atoms with Crippen LogP contribution in [0.25, 0.3) is 0 Å². The third kappa shape index (κ3) is 2.75. The lowest BCUT2D eigenvalue weighted by molar-refractivity contribution is 0.279. The molecule has 1 rings (SSSR count). The molecule has 0 aliphatic heterocycles. The minimum Gasteiger partial charge on any atom is -0.396 e. The lowest BCUT2D eigenvalue weighted by Gasteiger charge is -2.11. The number of halogens is 2. The first kappa shape index (κ1) is 11.1. The van der Waals surface area contributed by atoms with Gasteiger partial charge in [0.2, 0.25) is 0 Å². The van der Waals surface area contributed by atoms with Crippen LogP contribution in [-0.2, 0) is 0 Å². The number of aliphatic hydroxyl groups excluding tert-OH is 1. The Balaban J connectivity index is 2.77. The molecule has 0 radical (unpaired) electrons. The summed E-state index contributed by atoms with van der Waals surface area (Å²) in [7, 11) is 0. The molecule has 78 valence electrons. The van der Waals surface area contributed by atoms with E-state index in [1.54, 1.807) is 0 Å². The van der Waals surface area contributed by atoms with Gasteiger partial charge in [0.05, 0.1) is 0 Å². The topological polar surface area (TPSA) is 46.2 Å². The monoisotopic (exact) mass is 201 g/mol. The lowest BCUT2D eigenvalue weighted by atomic mass is 10.0. The summed E-state index contributed by atoms with van der Waals surface area (Å²) in [6.45, 7) is 0.00460. The van der Waals surface area contributed by atoms with Crippen LogP contribution in [0.1, 0.15) is 24.4 Å². The Morgan fingerprint density at radius 2 is 2.07 bits per heavy atom. The van der Waals surface area contributed by atoms with Gasteiger partial charge in [-0.25, -0.2) is 8.78 Å². The fourth-order valence-corrected chi connectivity index (χ4v) is 1.27. The van der Waals surface area contributed by atoms with E-state index in [-0.39, 0.29) is 12.2 Å². The quantitative estimate of drug-likeness (QED) is 0.779. The minimum absolute atomic E-state index is 0.00460. The molecule has 2 nitrogen and oxygen atoms in total. The molecule has 0 bridgehead atoms. The number of nitrogens with two attached hydrogens (primary N) is 1. The van der Waals surface area contributed by atoms with Gasteiger partial charge in [-0.2, -0.15) is 0 Å². The number of aliphatic hydroxyl groups is 1. The molecule has 3 N–H and O–H groups in total. The lowest BCUT2D eigenvalue weighted by Crippen LogP contribution is -2.13. The van der Waals surface area contributed by atoms with Gasteiger partial charge < -0.3 is 10.8 Å². The van der Waals surface area contributed by atoms with Gasteiger partial charge in [-0.15, -0.1) is 0 Å². The molecular formula is C10H13F2NO. The standard InChI is InChI=1S/C10H13F2NO/c11-7-3-4-9(12)8(6-7)10(13)2-1-5-14/h3-4,6,10,14H,1-2,5,13H2. The Bertz CT molecular complexity index is 304. The van der Waals surface area contributed by atoms with E-state index in [0.29, 0.717) is 12.8 Å². The second-order valence-electron chi connectivity index (χ2n) is 3.14. The summed E-state index contributed by atoms with van der Waals surface area (Å²) in [5, 5.41) is 8.56. The fourth-order valence-electron chi connectivity index (χ4n) is 1.27. The highest BCUT2D eigenvalue weighted by Crippen LogP contribution is 2.19. The summed E-state index contributed by atoms with van der Waals surface area (Å²) in [5.74, 6) is -1.00. The Labute approximate surface area is 81.4 Å². The van der Waals surface area contributed by atoms with Crippen molar-refractivity contribution in [1.82, 2.24) is 0 Å². The number of benzene rings is 1. The highest BCUT2D eigenvalue weighted by atomic mass is 19.1. The van der Waals surface area contributed by atoms with Crippen molar-refractivity contribution in [3.05, 3.63) is 35.4 Å². The summed E-state index contributed by atoms with van der Waals surface area (Å²) in [6, 6.07) is 2.65. The normalized spacial score (nSPS) is 12.9. The fraction of sp³-hybridized carbons (Fsp3) is 0.400. The van der Waals surface area contributed by atoms with E-state index in [9.17, 15) is 8.78 Å². The molecule has 0 aliphatic carbocycles. The summed E-state index contributed by atoms with van der Waals surface area (Å²) in [4.78, 5) is 0. The number of hydrogen-bond acceptors (Lipinski definition) is 2. The molecule has 1 atom stereocenters. The number of hydrogen-bond donors (Lipinski definition) is 2. The highest BCUT2D eigenvalue weighted by Gasteiger charge is 2.11. The zero-order chi connectivity index (χ0) is 10.6. The van der Waals surface area contributed by atoms with Gasteiger partial charge in [-0.3, -0.25) is 0 Å². The van der Waals surface area contributed by atoms with E-state index in [1.165, 1.54) is 0 Å². The van der Waals surface area contributed by atoms with E-state index in [1.807, 2.05) is 0 Å². The molecule has 1 aromatic rings. The van der Waals surface area contributed by atoms with Crippen LogP contribution in [0.4, 0.5) is 8.78 Å². The molecule has 0 saturated heterocycles. The third-order valence-electron chi connectivity index (χ3n) is 2.03. The zero-order valence-corrected chi connectivity index (χ0v) is 7.71. The van der Waals surface area contributed by atoms with Crippen molar-refractivity contribution in [2.45, 2.75) is 18.9 Å². The predicted octanol–water partition coefficient (Wildman–Crippen LogP) is 1.74. The summed E-state index contributed by atoms with van der Waals surface area (Å²) >= 11 is 0. The molecule has 0 aliphatic rings. The smallest absolute Gasteiger partial charge is 0.128 e. The molecule has 14 heavy (non-hydrogen) atoms. The van der Waals surface area contributed by atoms with Gasteiger partial charge in [0, 0.05) is 18.2 Å². The van der Waals surface area contributed by atoms with E-state index >= 15 is 0 Å². The van der Waals surface area contributed by atoms with E-state index < -0.39 is 17.7 Å². The average Bonchev–Trinajstić information content (AvgIpc) is 2.18. The van der Waals surface area contributed by atoms with Crippen LogP contribution in [-0.4, -0.2) is 11.7 Å². The Morgan fingerprint density at radius 3 is 2.71 bits per heavy atom. The minimum atomic E-state index is -0.558. The molecular weight excluding hydrogens is 188 g/mol. The van der Waals surface area contributed by atoms with Crippen LogP contribution >= 0.6 is 0 Å². The first-order valence-corrected chi connectivity index (χ1v) is 4.46. The Hall–Kier alpha value is -1.00. The molecule has 1 aromatic carbocycles. The van der Waals surface area contributed by atoms with Crippen molar-refractivity contribution < 1.29 is 13.9 Å². The number of rotatable bonds is 4. The molecule has 0 spiro atoms. The van der Waals surface area contributed by atoms with E-state index in [0.717, 1.165) is 18.2 Å². The van der Waals surface area contributed by atoms with Gasteiger partial charge in [-0.1, -0.05) is 0 Å². The van der Waals surface area contributed by atoms with Crippen molar-refractivity contribution in [2.75, 3.05) is 6.61 Å². The van der Waals surface area contributed by atoms with Crippen LogP contribution in [0, 0.1) is 11.6 Å². The Kier molecular flexibility index (Phi) is 3.98. The largest absolute Gasteiger partial charge is 0.396 e. The molecule has 4 heteroatoms. The molecule has 0 heterocycles. The van der Waals surface area contributed by atoms with Crippen LogP contribution in [0.5, 0.6) is 0 Å². The first-order chi connectivity index (χ1) is 6.65. The first-order valence-electron chi connectivity index (χ1n) is 4.46. The molecule has 0 aromatic heterocycles. The van der Waals surface area contributed by atoms with E-state index in [2.05, 4.69) is 0 Å². The zero-order valence-electron chi connectivity index (χ0n) is 7.71. The summed E-state index contributed by atoms with van der Waals surface area (Å²) < 4.78 is 25.9. The van der Waals surface area contributed by atoms with Crippen LogP contribution < -0.4 is 5.73 Å². The maximum Gasteiger partial charge on any atom is 0.128 e. The van der Waals surface area contributed by atoms with Crippen molar-refractivity contribution in [1.29, 1.82) is 0 Å². The van der Waals surface area contributed by atoms with Crippen LogP contribution in [0.3, 0.4) is 0 Å². The highest BCUT2D eigenvalue weighted by molar-refractivity contribution is 5.21. The van der Waals surface area contributed by atoms with Gasteiger partial charge >= 0.3 is 0 Å². The van der Waals surface area contributed by atoms with Gasteiger partial charge in [0.25, 0.3) is 0 Å². The van der Waals surface area contributed by atoms with Gasteiger partial charge in [-0.05, 0) is 31.0 Å². The van der Waals surface area contributed by atoms with Crippen molar-refractivity contribution in [2.24, 2.45) is 5.73 Å². The summed E-state index contributed by atoms with van der Waals surface area (Å²) in [6.07, 6.45) is 0.925. The van der Waals surface area contributed by atoms with Crippen LogP contribution in [0.2, 0.25) is 0 Å². The van der Waals surface area contributed by atoms with E-state index in [4.69, 9.17) is 10.8 Å². The second-order valence-corrected chi connectivity index (χ2v) is 3.14. The van der Waals surface area contributed by atoms with Crippen molar-refractivity contribution in [3.8, 4) is 0 Å². The summed E-state index contributed by atoms with van der Waals surface area (Å²) in [5.41, 5.74) is 5.80. The predicted molar refractivity (Wildman–Crippen MR) is 49.6 cm³/mol. The molecule has 0 saturated carbocycles. The van der Waals surface area contributed by atoms with Gasteiger partial charge in [0.15, 0.2) is 0 Å². The SMILES string of the molecule is NC(CCCO)c1cc(F)ccc1F. The molecule has 1 unspecified atom stereocenters.